The molecule has 0 spiro atoms. The lowest BCUT2D eigenvalue weighted by Gasteiger charge is -2.05. The normalized spacial score (nSPS) is 10.3. The van der Waals surface area contributed by atoms with Crippen LogP contribution in [-0.4, -0.2) is 16.5 Å². The molecule has 1 aromatic carbocycles. The lowest BCUT2D eigenvalue weighted by atomic mass is 10.1. The van der Waals surface area contributed by atoms with E-state index in [0.29, 0.717) is 18.2 Å². The van der Waals surface area contributed by atoms with Gasteiger partial charge in [0.15, 0.2) is 11.6 Å². The minimum atomic E-state index is -0.895. The Kier molecular flexibility index (Phi) is 3.27. The number of hydrogen-bond acceptors (Lipinski definition) is 3. The van der Waals surface area contributed by atoms with Gasteiger partial charge in [0.1, 0.15) is 0 Å². The highest BCUT2D eigenvalue weighted by molar-refractivity contribution is 5.60. The summed E-state index contributed by atoms with van der Waals surface area (Å²) in [4.78, 5) is 8.07. The number of nitrogens with one attached hydrogen (secondary N) is 1. The van der Waals surface area contributed by atoms with Crippen molar-refractivity contribution in [3.63, 3.8) is 0 Å². The van der Waals surface area contributed by atoms with Gasteiger partial charge in [0.2, 0.25) is 5.95 Å². The van der Waals surface area contributed by atoms with Crippen molar-refractivity contribution in [2.75, 3.05) is 11.9 Å². The van der Waals surface area contributed by atoms with Gasteiger partial charge in [0.05, 0.1) is 5.69 Å². The van der Waals surface area contributed by atoms with Crippen molar-refractivity contribution in [3.8, 4) is 11.3 Å². The molecular weight excluding hydrogens is 224 g/mol. The molecule has 5 heteroatoms. The number of nitrogens with zero attached hydrogens (tertiary/aromatic N) is 2. The van der Waals surface area contributed by atoms with Crippen LogP contribution in [0.25, 0.3) is 11.3 Å². The zero-order chi connectivity index (χ0) is 12.3. The second-order valence-corrected chi connectivity index (χ2v) is 3.40. The zero-order valence-electron chi connectivity index (χ0n) is 9.24. The molecule has 0 aliphatic heterocycles. The maximum atomic E-state index is 13.5. The van der Waals surface area contributed by atoms with Crippen molar-refractivity contribution in [3.05, 3.63) is 42.1 Å². The summed E-state index contributed by atoms with van der Waals surface area (Å²) < 4.78 is 26.6. The summed E-state index contributed by atoms with van der Waals surface area (Å²) in [5, 5.41) is 2.91. The van der Waals surface area contributed by atoms with Gasteiger partial charge in [0, 0.05) is 18.3 Å². The molecule has 3 nitrogen and oxygen atoms in total. The van der Waals surface area contributed by atoms with Crippen LogP contribution >= 0.6 is 0 Å². The minimum absolute atomic E-state index is 0.131. The number of benzene rings is 1. The van der Waals surface area contributed by atoms with E-state index in [1.165, 1.54) is 18.3 Å². The smallest absolute Gasteiger partial charge is 0.223 e. The SMILES string of the molecule is CCNc1nccc(-c2cccc(F)c2F)n1. The fraction of sp³-hybridized carbons (Fsp3) is 0.167. The molecule has 88 valence electrons. The van der Waals surface area contributed by atoms with E-state index in [2.05, 4.69) is 15.3 Å². The highest BCUT2D eigenvalue weighted by atomic mass is 19.2. The molecule has 2 rings (SSSR count). The first-order chi connectivity index (χ1) is 8.22. The van der Waals surface area contributed by atoms with E-state index in [1.54, 1.807) is 6.07 Å². The Hall–Kier alpha value is -2.04. The first-order valence-corrected chi connectivity index (χ1v) is 5.23. The second-order valence-electron chi connectivity index (χ2n) is 3.40. The van der Waals surface area contributed by atoms with E-state index in [9.17, 15) is 8.78 Å². The number of rotatable bonds is 3. The number of hydrogen-bond donors (Lipinski definition) is 1. The minimum Gasteiger partial charge on any atom is -0.354 e. The van der Waals surface area contributed by atoms with Gasteiger partial charge in [-0.3, -0.25) is 0 Å². The number of anilines is 1. The molecule has 0 amide bonds. The highest BCUT2D eigenvalue weighted by Gasteiger charge is 2.11. The van der Waals surface area contributed by atoms with E-state index in [1.807, 2.05) is 6.92 Å². The quantitative estimate of drug-likeness (QED) is 0.888. The van der Waals surface area contributed by atoms with Gasteiger partial charge < -0.3 is 5.32 Å². The summed E-state index contributed by atoms with van der Waals surface area (Å²) in [7, 11) is 0. The van der Waals surface area contributed by atoms with Gasteiger partial charge in [-0.25, -0.2) is 18.7 Å². The van der Waals surface area contributed by atoms with E-state index in [0.717, 1.165) is 6.07 Å². The molecule has 0 fully saturated rings. The maximum Gasteiger partial charge on any atom is 0.223 e. The predicted octanol–water partition coefficient (Wildman–Crippen LogP) is 2.85. The average molecular weight is 235 g/mol. The second kappa shape index (κ2) is 4.86. The van der Waals surface area contributed by atoms with E-state index < -0.39 is 11.6 Å². The fourth-order valence-corrected chi connectivity index (χ4v) is 1.45. The van der Waals surface area contributed by atoms with Crippen LogP contribution in [0.3, 0.4) is 0 Å². The molecular formula is C12H11F2N3. The Morgan fingerprint density at radius 2 is 2.06 bits per heavy atom. The van der Waals surface area contributed by atoms with Gasteiger partial charge >= 0.3 is 0 Å². The van der Waals surface area contributed by atoms with E-state index in [4.69, 9.17) is 0 Å². The van der Waals surface area contributed by atoms with Crippen molar-refractivity contribution in [1.82, 2.24) is 9.97 Å². The summed E-state index contributed by atoms with van der Waals surface area (Å²) in [5.74, 6) is -1.38. The first kappa shape index (κ1) is 11.4. The summed E-state index contributed by atoms with van der Waals surface area (Å²) in [6.45, 7) is 2.56. The van der Waals surface area contributed by atoms with Gasteiger partial charge in [-0.05, 0) is 25.1 Å². The Morgan fingerprint density at radius 1 is 1.24 bits per heavy atom. The molecule has 0 atom stereocenters. The monoisotopic (exact) mass is 235 g/mol. The van der Waals surface area contributed by atoms with Gasteiger partial charge in [-0.15, -0.1) is 0 Å². The molecule has 1 aromatic heterocycles. The standard InChI is InChI=1S/C12H11F2N3/c1-2-15-12-16-7-6-10(17-12)8-4-3-5-9(13)11(8)14/h3-7H,2H2,1H3,(H,15,16,17). The molecule has 17 heavy (non-hydrogen) atoms. The van der Waals surface area contributed by atoms with Gasteiger partial charge in [-0.1, -0.05) is 6.07 Å². The van der Waals surface area contributed by atoms with Crippen molar-refractivity contribution in [1.29, 1.82) is 0 Å². The van der Waals surface area contributed by atoms with Crippen LogP contribution in [0.4, 0.5) is 14.7 Å². The summed E-state index contributed by atoms with van der Waals surface area (Å²) >= 11 is 0. The van der Waals surface area contributed by atoms with Crippen LogP contribution in [0.1, 0.15) is 6.92 Å². The van der Waals surface area contributed by atoms with Crippen molar-refractivity contribution in [2.24, 2.45) is 0 Å². The number of aromatic nitrogens is 2. The number of halogens is 2. The lowest BCUT2D eigenvalue weighted by Crippen LogP contribution is -2.02. The topological polar surface area (TPSA) is 37.8 Å². The summed E-state index contributed by atoms with van der Waals surface area (Å²) in [6.07, 6.45) is 1.50. The third-order valence-corrected chi connectivity index (χ3v) is 2.22. The van der Waals surface area contributed by atoms with Crippen molar-refractivity contribution < 1.29 is 8.78 Å². The Morgan fingerprint density at radius 3 is 2.82 bits per heavy atom. The summed E-state index contributed by atoms with van der Waals surface area (Å²) in [5.41, 5.74) is 0.486. The molecule has 1 N–H and O–H groups in total. The summed E-state index contributed by atoms with van der Waals surface area (Å²) in [6, 6.07) is 5.54. The predicted molar refractivity (Wildman–Crippen MR) is 61.5 cm³/mol. The molecule has 0 aliphatic carbocycles. The molecule has 1 heterocycles. The van der Waals surface area contributed by atoms with Gasteiger partial charge in [-0.2, -0.15) is 0 Å². The van der Waals surface area contributed by atoms with Crippen LogP contribution in [0.2, 0.25) is 0 Å². The highest BCUT2D eigenvalue weighted by Crippen LogP contribution is 2.22. The maximum absolute atomic E-state index is 13.5. The molecule has 2 aromatic rings. The van der Waals surface area contributed by atoms with Crippen LogP contribution in [-0.2, 0) is 0 Å². The van der Waals surface area contributed by atoms with Crippen LogP contribution < -0.4 is 5.32 Å². The van der Waals surface area contributed by atoms with Crippen LogP contribution in [0, 0.1) is 11.6 Å². The lowest BCUT2D eigenvalue weighted by molar-refractivity contribution is 0.511. The average Bonchev–Trinajstić information content (AvgIpc) is 2.33. The molecule has 0 radical (unpaired) electrons. The molecule has 0 bridgehead atoms. The Balaban J connectivity index is 2.45. The third kappa shape index (κ3) is 2.38. The van der Waals surface area contributed by atoms with Crippen molar-refractivity contribution >= 4 is 5.95 Å². The Bertz CT molecular complexity index is 529. The Labute approximate surface area is 97.5 Å². The molecule has 0 saturated carbocycles. The zero-order valence-corrected chi connectivity index (χ0v) is 9.24. The van der Waals surface area contributed by atoms with E-state index in [-0.39, 0.29) is 5.56 Å². The third-order valence-electron chi connectivity index (χ3n) is 2.22. The molecule has 0 saturated heterocycles. The molecule has 0 unspecified atom stereocenters. The fourth-order valence-electron chi connectivity index (χ4n) is 1.45. The van der Waals surface area contributed by atoms with E-state index >= 15 is 0 Å². The van der Waals surface area contributed by atoms with Crippen LogP contribution in [0.15, 0.2) is 30.5 Å². The largest absolute Gasteiger partial charge is 0.354 e. The van der Waals surface area contributed by atoms with Crippen LogP contribution in [0.5, 0.6) is 0 Å². The van der Waals surface area contributed by atoms with Crippen molar-refractivity contribution in [2.45, 2.75) is 6.92 Å². The molecule has 0 aliphatic rings. The first-order valence-electron chi connectivity index (χ1n) is 5.23. The van der Waals surface area contributed by atoms with Gasteiger partial charge in [0.25, 0.3) is 0 Å².